The Hall–Kier alpha value is -2.93. The Kier molecular flexibility index (Phi) is 3.47. The van der Waals surface area contributed by atoms with Crippen LogP contribution in [-0.4, -0.2) is 21.3 Å². The zero-order valence-electron chi connectivity index (χ0n) is 12.4. The highest BCUT2D eigenvalue weighted by atomic mass is 35.5. The van der Waals surface area contributed by atoms with Gasteiger partial charge in [-0.1, -0.05) is 11.6 Å². The molecule has 1 aliphatic rings. The molecule has 0 saturated heterocycles. The van der Waals surface area contributed by atoms with Crippen LogP contribution in [0, 0.1) is 11.6 Å². The van der Waals surface area contributed by atoms with E-state index in [4.69, 9.17) is 16.3 Å². The van der Waals surface area contributed by atoms with Gasteiger partial charge in [-0.15, -0.1) is 0 Å². The number of nitrogens with zero attached hydrogens (tertiary/aromatic N) is 1. The van der Waals surface area contributed by atoms with E-state index in [0.717, 1.165) is 12.1 Å². The van der Waals surface area contributed by atoms with E-state index < -0.39 is 17.6 Å². The molecule has 0 atom stereocenters. The number of aromatic amines is 1. The summed E-state index contributed by atoms with van der Waals surface area (Å²) in [5, 5.41) is 15.9. The fraction of sp³-hybridized carbons (Fsp3) is 0.0588. The van der Waals surface area contributed by atoms with Crippen molar-refractivity contribution in [1.82, 2.24) is 10.2 Å². The van der Waals surface area contributed by atoms with Gasteiger partial charge in [0.25, 0.3) is 0 Å². The van der Waals surface area contributed by atoms with Crippen LogP contribution in [0.1, 0.15) is 16.1 Å². The number of carbonyl (C=O) groups is 1. The molecule has 3 aromatic rings. The zero-order chi connectivity index (χ0) is 17.7. The molecule has 2 heterocycles. The van der Waals surface area contributed by atoms with Crippen molar-refractivity contribution in [3.05, 3.63) is 58.2 Å². The van der Waals surface area contributed by atoms with Crippen molar-refractivity contribution in [2.45, 2.75) is 6.61 Å². The average molecular weight is 363 g/mol. The van der Waals surface area contributed by atoms with Crippen LogP contribution in [-0.2, 0) is 6.61 Å². The van der Waals surface area contributed by atoms with Crippen LogP contribution in [0.15, 0.2) is 30.3 Å². The number of carboxylic acids is 1. The van der Waals surface area contributed by atoms with Crippen molar-refractivity contribution in [2.24, 2.45) is 0 Å². The van der Waals surface area contributed by atoms with E-state index in [-0.39, 0.29) is 22.9 Å². The molecule has 2 N–H and O–H groups in total. The molecule has 0 bridgehead atoms. The molecule has 4 rings (SSSR count). The van der Waals surface area contributed by atoms with E-state index in [9.17, 15) is 18.7 Å². The molecule has 0 radical (unpaired) electrons. The first-order chi connectivity index (χ1) is 12.0. The maximum absolute atomic E-state index is 14.1. The number of rotatable bonds is 2. The fourth-order valence-electron chi connectivity index (χ4n) is 2.84. The molecule has 0 amide bonds. The SMILES string of the molecule is O=C(O)c1n[nH]c2c1COc1cc(Cl)c(-c3ccc(F)cc3F)cc1-2. The van der Waals surface area contributed by atoms with Crippen LogP contribution in [0.4, 0.5) is 8.78 Å². The zero-order valence-corrected chi connectivity index (χ0v) is 13.2. The Bertz CT molecular complexity index is 1030. The molecule has 5 nitrogen and oxygen atoms in total. The number of hydrogen-bond donors (Lipinski definition) is 2. The quantitative estimate of drug-likeness (QED) is 0.714. The minimum absolute atomic E-state index is 0.0288. The molecule has 2 aromatic carbocycles. The lowest BCUT2D eigenvalue weighted by atomic mass is 9.97. The first-order valence-corrected chi connectivity index (χ1v) is 7.56. The lowest BCUT2D eigenvalue weighted by Gasteiger charge is -2.19. The highest BCUT2D eigenvalue weighted by molar-refractivity contribution is 6.33. The molecular formula is C17H9ClF2N2O3. The van der Waals surface area contributed by atoms with E-state index in [1.807, 2.05) is 0 Å². The van der Waals surface area contributed by atoms with Crippen molar-refractivity contribution in [1.29, 1.82) is 0 Å². The van der Waals surface area contributed by atoms with Crippen molar-refractivity contribution in [3.63, 3.8) is 0 Å². The standard InChI is InChI=1S/C17H9ClF2N2O3/c18-12-5-14-10(4-9(12)8-2-1-7(19)3-13(8)20)15-11(6-25-14)16(17(23)24)22-21-15/h1-5H,6H2,(H,21,22)(H,23,24). The first-order valence-electron chi connectivity index (χ1n) is 7.18. The third-order valence-corrected chi connectivity index (χ3v) is 4.31. The minimum Gasteiger partial charge on any atom is -0.488 e. The predicted octanol–water partition coefficient (Wildman–Crippen LogP) is 4.27. The molecule has 25 heavy (non-hydrogen) atoms. The van der Waals surface area contributed by atoms with E-state index >= 15 is 0 Å². The lowest BCUT2D eigenvalue weighted by Crippen LogP contribution is -2.09. The van der Waals surface area contributed by atoms with Gasteiger partial charge in [-0.2, -0.15) is 5.10 Å². The molecule has 0 unspecified atom stereocenters. The summed E-state index contributed by atoms with van der Waals surface area (Å²) in [6.45, 7) is 0.0288. The van der Waals surface area contributed by atoms with Gasteiger partial charge in [0.1, 0.15) is 24.0 Å². The van der Waals surface area contributed by atoms with Gasteiger partial charge in [0.15, 0.2) is 5.69 Å². The van der Waals surface area contributed by atoms with Crippen LogP contribution >= 0.6 is 11.6 Å². The predicted molar refractivity (Wildman–Crippen MR) is 85.7 cm³/mol. The highest BCUT2D eigenvalue weighted by Gasteiger charge is 2.27. The topological polar surface area (TPSA) is 75.2 Å². The van der Waals surface area contributed by atoms with Gasteiger partial charge in [0.2, 0.25) is 0 Å². The number of nitrogens with one attached hydrogen (secondary N) is 1. The molecule has 1 aliphatic heterocycles. The van der Waals surface area contributed by atoms with Crippen LogP contribution in [0.5, 0.6) is 5.75 Å². The number of aromatic carboxylic acids is 1. The van der Waals surface area contributed by atoms with E-state index in [1.54, 1.807) is 6.07 Å². The summed E-state index contributed by atoms with van der Waals surface area (Å²) >= 11 is 6.23. The molecule has 0 saturated carbocycles. The van der Waals surface area contributed by atoms with Crippen LogP contribution < -0.4 is 4.74 Å². The largest absolute Gasteiger partial charge is 0.488 e. The minimum atomic E-state index is -1.18. The van der Waals surface area contributed by atoms with Gasteiger partial charge in [0, 0.05) is 28.8 Å². The molecule has 0 fully saturated rings. The van der Waals surface area contributed by atoms with E-state index in [0.29, 0.717) is 28.1 Å². The van der Waals surface area contributed by atoms with Gasteiger partial charge < -0.3 is 9.84 Å². The van der Waals surface area contributed by atoms with Crippen molar-refractivity contribution in [2.75, 3.05) is 0 Å². The summed E-state index contributed by atoms with van der Waals surface area (Å²) < 4.78 is 32.8. The molecule has 126 valence electrons. The van der Waals surface area contributed by atoms with Gasteiger partial charge in [-0.25, -0.2) is 13.6 Å². The molecule has 0 aliphatic carbocycles. The number of hydrogen-bond acceptors (Lipinski definition) is 3. The Morgan fingerprint density at radius 3 is 2.72 bits per heavy atom. The number of fused-ring (bicyclic) bond motifs is 3. The summed E-state index contributed by atoms with van der Waals surface area (Å²) in [4.78, 5) is 11.2. The Labute approximate surface area is 144 Å². The molecule has 8 heteroatoms. The third kappa shape index (κ3) is 2.44. The Balaban J connectivity index is 1.92. The van der Waals surface area contributed by atoms with Gasteiger partial charge in [-0.05, 0) is 18.2 Å². The van der Waals surface area contributed by atoms with E-state index in [2.05, 4.69) is 10.2 Å². The second-order valence-electron chi connectivity index (χ2n) is 5.47. The van der Waals surface area contributed by atoms with Crippen molar-refractivity contribution < 1.29 is 23.4 Å². The number of ether oxygens (including phenoxy) is 1. The smallest absolute Gasteiger partial charge is 0.356 e. The molecule has 0 spiro atoms. The van der Waals surface area contributed by atoms with Gasteiger partial charge >= 0.3 is 5.97 Å². The number of aromatic nitrogens is 2. The molecular weight excluding hydrogens is 354 g/mol. The normalized spacial score (nSPS) is 12.3. The number of H-pyrrole nitrogens is 1. The van der Waals surface area contributed by atoms with Crippen LogP contribution in [0.25, 0.3) is 22.4 Å². The summed E-state index contributed by atoms with van der Waals surface area (Å²) in [7, 11) is 0. The third-order valence-electron chi connectivity index (χ3n) is 4.00. The maximum atomic E-state index is 14.1. The first kappa shape index (κ1) is 15.6. The summed E-state index contributed by atoms with van der Waals surface area (Å²) in [6.07, 6.45) is 0. The van der Waals surface area contributed by atoms with Gasteiger partial charge in [0.05, 0.1) is 16.3 Å². The van der Waals surface area contributed by atoms with E-state index in [1.165, 1.54) is 12.1 Å². The van der Waals surface area contributed by atoms with Crippen LogP contribution in [0.3, 0.4) is 0 Å². The van der Waals surface area contributed by atoms with Crippen LogP contribution in [0.2, 0.25) is 5.02 Å². The second-order valence-corrected chi connectivity index (χ2v) is 5.88. The second kappa shape index (κ2) is 5.56. The number of carboxylic acid groups (broad SMARTS) is 1. The fourth-order valence-corrected chi connectivity index (χ4v) is 3.09. The Morgan fingerprint density at radius 2 is 2.00 bits per heavy atom. The number of benzene rings is 2. The van der Waals surface area contributed by atoms with Crippen molar-refractivity contribution >= 4 is 17.6 Å². The monoisotopic (exact) mass is 362 g/mol. The molecule has 1 aromatic heterocycles. The Morgan fingerprint density at radius 1 is 1.20 bits per heavy atom. The highest BCUT2D eigenvalue weighted by Crippen LogP contribution is 2.43. The summed E-state index contributed by atoms with van der Waals surface area (Å²) in [5.74, 6) is -2.21. The summed E-state index contributed by atoms with van der Waals surface area (Å²) in [6, 6.07) is 6.27. The van der Waals surface area contributed by atoms with Crippen molar-refractivity contribution in [3.8, 4) is 28.1 Å². The van der Waals surface area contributed by atoms with Gasteiger partial charge in [-0.3, -0.25) is 5.10 Å². The average Bonchev–Trinajstić information content (AvgIpc) is 2.99. The lowest BCUT2D eigenvalue weighted by molar-refractivity contribution is 0.0687. The summed E-state index contributed by atoms with van der Waals surface area (Å²) in [5.41, 5.74) is 1.70. The number of halogens is 3. The maximum Gasteiger partial charge on any atom is 0.356 e.